The summed E-state index contributed by atoms with van der Waals surface area (Å²) in [5.41, 5.74) is 5.67. The zero-order valence-electron chi connectivity index (χ0n) is 14.2. The van der Waals surface area contributed by atoms with Crippen LogP contribution in [0.3, 0.4) is 0 Å². The molecule has 5 nitrogen and oxygen atoms in total. The molecular weight excluding hydrogens is 280 g/mol. The average molecular weight is 306 g/mol. The summed E-state index contributed by atoms with van der Waals surface area (Å²) in [5, 5.41) is 2.68. The number of nitrogen functional groups attached to an aromatic ring is 1. The molecule has 0 heterocycles. The summed E-state index contributed by atoms with van der Waals surface area (Å²) in [6.45, 7) is 11.0. The third-order valence-electron chi connectivity index (χ3n) is 2.98. The van der Waals surface area contributed by atoms with E-state index >= 15 is 0 Å². The van der Waals surface area contributed by atoms with Crippen molar-refractivity contribution in [3.05, 3.63) is 29.8 Å². The number of hydrogen-bond donors (Lipinski definition) is 2. The third-order valence-corrected chi connectivity index (χ3v) is 2.98. The first kappa shape index (κ1) is 18.0. The highest BCUT2D eigenvalue weighted by Crippen LogP contribution is 2.23. The second-order valence-electron chi connectivity index (χ2n) is 7.43. The van der Waals surface area contributed by atoms with E-state index in [9.17, 15) is 9.59 Å². The molecule has 0 unspecified atom stereocenters. The topological polar surface area (TPSA) is 81.4 Å². The molecule has 22 heavy (non-hydrogen) atoms. The highest BCUT2D eigenvalue weighted by Gasteiger charge is 2.34. The molecule has 3 N–H and O–H groups in total. The lowest BCUT2D eigenvalue weighted by molar-refractivity contribution is 0.0446. The Morgan fingerprint density at radius 1 is 1.05 bits per heavy atom. The maximum Gasteiger partial charge on any atom is 0.408 e. The predicted octanol–water partition coefficient (Wildman–Crippen LogP) is 3.39. The molecule has 0 spiro atoms. The van der Waals surface area contributed by atoms with Crippen molar-refractivity contribution < 1.29 is 14.3 Å². The first-order chi connectivity index (χ1) is 9.90. The summed E-state index contributed by atoms with van der Waals surface area (Å²) in [6, 6.07) is 5.97. The van der Waals surface area contributed by atoms with Crippen LogP contribution >= 0.6 is 0 Å². The maximum atomic E-state index is 12.7. The molecule has 1 rings (SSSR count). The second-order valence-corrected chi connectivity index (χ2v) is 7.43. The Morgan fingerprint density at radius 3 is 1.95 bits per heavy atom. The molecule has 1 amide bonds. The van der Waals surface area contributed by atoms with Gasteiger partial charge in [0, 0.05) is 11.3 Å². The van der Waals surface area contributed by atoms with Gasteiger partial charge >= 0.3 is 6.09 Å². The van der Waals surface area contributed by atoms with Crippen molar-refractivity contribution in [2.45, 2.75) is 53.2 Å². The van der Waals surface area contributed by atoms with Gasteiger partial charge < -0.3 is 15.8 Å². The van der Waals surface area contributed by atoms with Gasteiger partial charge in [-0.3, -0.25) is 4.79 Å². The van der Waals surface area contributed by atoms with Crippen LogP contribution in [0.5, 0.6) is 0 Å². The Balaban J connectivity index is 2.96. The van der Waals surface area contributed by atoms with Crippen LogP contribution in [0.1, 0.15) is 51.9 Å². The van der Waals surface area contributed by atoms with Crippen molar-refractivity contribution in [3.63, 3.8) is 0 Å². The molecule has 1 aromatic carbocycles. The smallest absolute Gasteiger partial charge is 0.408 e. The summed E-state index contributed by atoms with van der Waals surface area (Å²) in [6.07, 6.45) is -0.601. The molecule has 0 aliphatic heterocycles. The van der Waals surface area contributed by atoms with E-state index in [2.05, 4.69) is 5.32 Å². The van der Waals surface area contributed by atoms with Crippen LogP contribution in [0.15, 0.2) is 24.3 Å². The summed E-state index contributed by atoms with van der Waals surface area (Å²) in [7, 11) is 0. The lowest BCUT2D eigenvalue weighted by atomic mass is 9.82. The van der Waals surface area contributed by atoms with E-state index < -0.39 is 23.2 Å². The van der Waals surface area contributed by atoms with E-state index in [1.807, 2.05) is 20.8 Å². The standard InChI is InChI=1S/C17H26N2O3/c1-16(2,3)14(19-15(21)22-17(4,5)6)13(20)11-7-9-12(18)10-8-11/h7-10,14H,18H2,1-6H3,(H,19,21)/t14-/m1/s1. The largest absolute Gasteiger partial charge is 0.444 e. The highest BCUT2D eigenvalue weighted by molar-refractivity contribution is 6.02. The van der Waals surface area contributed by atoms with E-state index in [1.165, 1.54) is 0 Å². The second kappa shape index (κ2) is 6.38. The van der Waals surface area contributed by atoms with Crippen LogP contribution in [-0.4, -0.2) is 23.5 Å². The van der Waals surface area contributed by atoms with E-state index in [-0.39, 0.29) is 5.78 Å². The molecule has 0 fully saturated rings. The van der Waals surface area contributed by atoms with Crippen molar-refractivity contribution >= 4 is 17.6 Å². The number of anilines is 1. The molecule has 1 atom stereocenters. The Morgan fingerprint density at radius 2 is 1.55 bits per heavy atom. The summed E-state index contributed by atoms with van der Waals surface area (Å²) < 4.78 is 5.25. The van der Waals surface area contributed by atoms with Crippen LogP contribution in [0, 0.1) is 5.41 Å². The van der Waals surface area contributed by atoms with Crippen molar-refractivity contribution in [2.24, 2.45) is 5.41 Å². The maximum absolute atomic E-state index is 12.7. The number of rotatable bonds is 3. The molecule has 1 aromatic rings. The molecule has 122 valence electrons. The van der Waals surface area contributed by atoms with Gasteiger partial charge in [0.05, 0.1) is 0 Å². The van der Waals surface area contributed by atoms with Crippen molar-refractivity contribution in [1.29, 1.82) is 0 Å². The monoisotopic (exact) mass is 306 g/mol. The van der Waals surface area contributed by atoms with E-state index in [1.54, 1.807) is 45.0 Å². The number of hydrogen-bond acceptors (Lipinski definition) is 4. The number of benzene rings is 1. The summed E-state index contributed by atoms with van der Waals surface area (Å²) in [5.74, 6) is -0.168. The number of nitrogens with two attached hydrogens (primary N) is 1. The van der Waals surface area contributed by atoms with Gasteiger partial charge in [-0.2, -0.15) is 0 Å². The lowest BCUT2D eigenvalue weighted by Crippen LogP contribution is -2.50. The van der Waals surface area contributed by atoms with Crippen LogP contribution < -0.4 is 11.1 Å². The van der Waals surface area contributed by atoms with Gasteiger partial charge in [-0.05, 0) is 50.5 Å². The number of Topliss-reactive ketones (excluding diaryl/α,β-unsaturated/α-hetero) is 1. The minimum absolute atomic E-state index is 0.168. The zero-order valence-corrected chi connectivity index (χ0v) is 14.2. The van der Waals surface area contributed by atoms with Crippen LogP contribution in [0.4, 0.5) is 10.5 Å². The minimum Gasteiger partial charge on any atom is -0.444 e. The van der Waals surface area contributed by atoms with Gasteiger partial charge in [-0.25, -0.2) is 4.79 Å². The molecule has 0 saturated carbocycles. The number of alkyl carbamates (subject to hydrolysis) is 1. The van der Waals surface area contributed by atoms with Gasteiger partial charge in [0.25, 0.3) is 0 Å². The number of nitrogens with one attached hydrogen (secondary N) is 1. The molecule has 0 radical (unpaired) electrons. The van der Waals surface area contributed by atoms with Crippen LogP contribution in [0.25, 0.3) is 0 Å². The van der Waals surface area contributed by atoms with Crippen LogP contribution in [-0.2, 0) is 4.74 Å². The Labute approximate surface area is 132 Å². The third kappa shape index (κ3) is 5.39. The first-order valence-corrected chi connectivity index (χ1v) is 7.29. The van der Waals surface area contributed by atoms with Gasteiger partial charge in [-0.15, -0.1) is 0 Å². The highest BCUT2D eigenvalue weighted by atomic mass is 16.6. The van der Waals surface area contributed by atoms with Gasteiger partial charge in [-0.1, -0.05) is 20.8 Å². The molecule has 0 saturated heterocycles. The molecule has 5 heteroatoms. The first-order valence-electron chi connectivity index (χ1n) is 7.29. The van der Waals surface area contributed by atoms with Gasteiger partial charge in [0.2, 0.25) is 0 Å². The molecule has 0 bridgehead atoms. The van der Waals surface area contributed by atoms with Crippen molar-refractivity contribution in [2.75, 3.05) is 5.73 Å². The molecule has 0 aliphatic rings. The van der Waals surface area contributed by atoms with Gasteiger partial charge in [0.15, 0.2) is 5.78 Å². The fraction of sp³-hybridized carbons (Fsp3) is 0.529. The number of carbonyl (C=O) groups excluding carboxylic acids is 2. The molecular formula is C17H26N2O3. The zero-order chi connectivity index (χ0) is 17.1. The minimum atomic E-state index is -0.689. The van der Waals surface area contributed by atoms with E-state index in [0.29, 0.717) is 11.3 Å². The fourth-order valence-corrected chi connectivity index (χ4v) is 1.91. The molecule has 0 aromatic heterocycles. The summed E-state index contributed by atoms with van der Waals surface area (Å²) >= 11 is 0. The van der Waals surface area contributed by atoms with Gasteiger partial charge in [0.1, 0.15) is 11.6 Å². The molecule has 0 aliphatic carbocycles. The SMILES string of the molecule is CC(C)(C)OC(=O)N[C@H](C(=O)c1ccc(N)cc1)C(C)(C)C. The Hall–Kier alpha value is -2.04. The number of carbonyl (C=O) groups is 2. The number of amides is 1. The van der Waals surface area contributed by atoms with E-state index in [0.717, 1.165) is 0 Å². The average Bonchev–Trinajstić information content (AvgIpc) is 2.32. The predicted molar refractivity (Wildman–Crippen MR) is 87.8 cm³/mol. The van der Waals surface area contributed by atoms with Crippen molar-refractivity contribution in [3.8, 4) is 0 Å². The number of ether oxygens (including phenoxy) is 1. The Kier molecular flexibility index (Phi) is 5.22. The van der Waals surface area contributed by atoms with E-state index in [4.69, 9.17) is 10.5 Å². The number of ketones is 1. The van der Waals surface area contributed by atoms with Crippen LogP contribution in [0.2, 0.25) is 0 Å². The quantitative estimate of drug-likeness (QED) is 0.662. The summed E-state index contributed by atoms with van der Waals surface area (Å²) in [4.78, 5) is 24.7. The fourth-order valence-electron chi connectivity index (χ4n) is 1.91. The normalized spacial score (nSPS) is 13.4. The Bertz CT molecular complexity index is 537. The lowest BCUT2D eigenvalue weighted by Gasteiger charge is -2.31. The van der Waals surface area contributed by atoms with Crippen molar-refractivity contribution in [1.82, 2.24) is 5.32 Å².